The topological polar surface area (TPSA) is 84.6 Å². The third-order valence-corrected chi connectivity index (χ3v) is 5.43. The summed E-state index contributed by atoms with van der Waals surface area (Å²) < 4.78 is 12.8. The lowest BCUT2D eigenvalue weighted by Crippen LogP contribution is -2.31. The predicted octanol–water partition coefficient (Wildman–Crippen LogP) is 4.38. The predicted molar refractivity (Wildman–Crippen MR) is 129 cm³/mol. The highest BCUT2D eigenvalue weighted by atomic mass is 16.5. The van der Waals surface area contributed by atoms with E-state index in [1.165, 1.54) is 11.0 Å². The average Bonchev–Trinajstić information content (AvgIpc) is 3.13. The Hall–Kier alpha value is -4.31. The van der Waals surface area contributed by atoms with Crippen LogP contribution in [0.2, 0.25) is 0 Å². The Balaban J connectivity index is 1.93. The Morgan fingerprint density at radius 3 is 2.26 bits per heavy atom. The summed E-state index contributed by atoms with van der Waals surface area (Å²) in [6.07, 6.45) is 0.347. The van der Waals surface area contributed by atoms with Gasteiger partial charge in [0.2, 0.25) is 6.10 Å². The summed E-state index contributed by atoms with van der Waals surface area (Å²) in [5, 5.41) is 9.70. The lowest BCUT2D eigenvalue weighted by Gasteiger charge is -2.21. The van der Waals surface area contributed by atoms with E-state index in [0.717, 1.165) is 22.8 Å². The number of nitriles is 1. The molecule has 0 N–H and O–H groups in total. The smallest absolute Gasteiger partial charge is 0.350 e. The van der Waals surface area contributed by atoms with Gasteiger partial charge in [-0.1, -0.05) is 30.3 Å². The largest absolute Gasteiger partial charge is 0.497 e. The molecule has 0 aliphatic carbocycles. The minimum Gasteiger partial charge on any atom is -0.497 e. The van der Waals surface area contributed by atoms with Crippen molar-refractivity contribution in [3.8, 4) is 17.5 Å². The van der Waals surface area contributed by atoms with Gasteiger partial charge in [-0.3, -0.25) is 4.79 Å². The molecule has 1 unspecified atom stereocenters. The molecule has 0 fully saturated rings. The number of ether oxygens (including phenoxy) is 2. The van der Waals surface area contributed by atoms with Crippen LogP contribution >= 0.6 is 0 Å². The van der Waals surface area contributed by atoms with E-state index in [4.69, 9.17) is 9.47 Å². The summed E-state index contributed by atoms with van der Waals surface area (Å²) >= 11 is 0. The first kappa shape index (κ1) is 24.3. The number of amides is 1. The molecule has 2 aromatic carbocycles. The van der Waals surface area contributed by atoms with E-state index in [9.17, 15) is 14.9 Å². The molecule has 0 radical (unpaired) electrons. The molecule has 3 aromatic rings. The lowest BCUT2D eigenvalue weighted by atomic mass is 10.1. The average molecular weight is 458 g/mol. The van der Waals surface area contributed by atoms with Gasteiger partial charge in [-0.15, -0.1) is 0 Å². The van der Waals surface area contributed by atoms with Crippen molar-refractivity contribution in [1.82, 2.24) is 9.47 Å². The van der Waals surface area contributed by atoms with Crippen molar-refractivity contribution in [2.24, 2.45) is 0 Å². The Kier molecular flexibility index (Phi) is 7.54. The van der Waals surface area contributed by atoms with Crippen LogP contribution in [0.5, 0.6) is 5.75 Å². The minimum atomic E-state index is -1.15. The van der Waals surface area contributed by atoms with Crippen LogP contribution in [0.25, 0.3) is 11.8 Å². The molecule has 34 heavy (non-hydrogen) atoms. The number of esters is 1. The number of hydrogen-bond acceptors (Lipinski definition) is 5. The van der Waals surface area contributed by atoms with Crippen molar-refractivity contribution < 1.29 is 19.1 Å². The molecule has 7 nitrogen and oxygen atoms in total. The Morgan fingerprint density at radius 2 is 1.71 bits per heavy atom. The molecule has 0 aliphatic heterocycles. The fraction of sp³-hybridized carbons (Fsp3) is 0.222. The van der Waals surface area contributed by atoms with Crippen LogP contribution in [-0.2, 0) is 14.3 Å². The summed E-state index contributed by atoms with van der Waals surface area (Å²) in [4.78, 5) is 27.0. The number of methoxy groups -OCH3 is 1. The molecule has 1 aromatic heterocycles. The maximum Gasteiger partial charge on any atom is 0.350 e. The third-order valence-electron chi connectivity index (χ3n) is 5.43. The highest BCUT2D eigenvalue weighted by molar-refractivity contribution is 5.99. The van der Waals surface area contributed by atoms with Gasteiger partial charge in [-0.25, -0.2) is 4.79 Å². The number of nitrogens with zero attached hydrogens (tertiary/aromatic N) is 3. The molecule has 1 amide bonds. The van der Waals surface area contributed by atoms with Crippen molar-refractivity contribution in [2.45, 2.75) is 20.0 Å². The second-order valence-corrected chi connectivity index (χ2v) is 7.96. The highest BCUT2D eigenvalue weighted by Gasteiger charge is 2.28. The van der Waals surface area contributed by atoms with Crippen LogP contribution in [0.1, 0.15) is 28.6 Å². The van der Waals surface area contributed by atoms with E-state index in [1.807, 2.05) is 60.9 Å². The first-order valence-electron chi connectivity index (χ1n) is 10.7. The summed E-state index contributed by atoms with van der Waals surface area (Å²) in [5.41, 5.74) is 3.76. The van der Waals surface area contributed by atoms with Crippen molar-refractivity contribution >= 4 is 18.0 Å². The van der Waals surface area contributed by atoms with Gasteiger partial charge in [0.05, 0.1) is 7.11 Å². The fourth-order valence-electron chi connectivity index (χ4n) is 3.65. The van der Waals surface area contributed by atoms with E-state index < -0.39 is 18.0 Å². The van der Waals surface area contributed by atoms with Crippen LogP contribution in [0.3, 0.4) is 0 Å². The normalized spacial score (nSPS) is 11.9. The molecule has 1 heterocycles. The van der Waals surface area contributed by atoms with Gasteiger partial charge in [0.15, 0.2) is 0 Å². The van der Waals surface area contributed by atoms with Crippen LogP contribution in [0, 0.1) is 25.2 Å². The molecule has 0 spiro atoms. The van der Waals surface area contributed by atoms with Gasteiger partial charge in [0.25, 0.3) is 5.91 Å². The molecule has 0 saturated carbocycles. The number of aromatic nitrogens is 1. The van der Waals surface area contributed by atoms with Gasteiger partial charge < -0.3 is 18.9 Å². The minimum absolute atomic E-state index is 0.192. The number of carbonyl (C=O) groups excluding carboxylic acids is 2. The lowest BCUT2D eigenvalue weighted by molar-refractivity contribution is -0.156. The number of carbonyl (C=O) groups is 2. The molecule has 7 heteroatoms. The first-order valence-corrected chi connectivity index (χ1v) is 10.7. The molecular weight excluding hydrogens is 430 g/mol. The number of likely N-dealkylation sites (N-methyl/N-ethyl adjacent to an activating group) is 1. The molecule has 174 valence electrons. The van der Waals surface area contributed by atoms with Crippen molar-refractivity contribution in [1.29, 1.82) is 5.26 Å². The monoisotopic (exact) mass is 457 g/mol. The fourth-order valence-corrected chi connectivity index (χ4v) is 3.65. The zero-order valence-electron chi connectivity index (χ0n) is 19.9. The zero-order valence-corrected chi connectivity index (χ0v) is 19.9. The second kappa shape index (κ2) is 10.5. The van der Waals surface area contributed by atoms with Gasteiger partial charge in [0, 0.05) is 36.7 Å². The van der Waals surface area contributed by atoms with Crippen LogP contribution in [0.4, 0.5) is 0 Å². The molecule has 0 saturated heterocycles. The van der Waals surface area contributed by atoms with Gasteiger partial charge in [0.1, 0.15) is 17.4 Å². The molecule has 0 aliphatic rings. The number of rotatable bonds is 7. The molecular formula is C27H27N3O4. The van der Waals surface area contributed by atoms with E-state index in [0.29, 0.717) is 11.1 Å². The summed E-state index contributed by atoms with van der Waals surface area (Å²) in [5.74, 6) is -0.503. The van der Waals surface area contributed by atoms with Gasteiger partial charge in [-0.05, 0) is 55.8 Å². The third kappa shape index (κ3) is 5.18. The van der Waals surface area contributed by atoms with E-state index >= 15 is 0 Å². The van der Waals surface area contributed by atoms with E-state index in [-0.39, 0.29) is 5.57 Å². The second-order valence-electron chi connectivity index (χ2n) is 7.96. The van der Waals surface area contributed by atoms with Gasteiger partial charge in [-0.2, -0.15) is 5.26 Å². The van der Waals surface area contributed by atoms with Crippen molar-refractivity contribution in [3.63, 3.8) is 0 Å². The molecule has 1 atom stereocenters. The Bertz CT molecular complexity index is 1250. The number of benzene rings is 2. The summed E-state index contributed by atoms with van der Waals surface area (Å²) in [6, 6.07) is 20.2. The maximum atomic E-state index is 12.9. The number of aryl methyl sites for hydroxylation is 1. The maximum absolute atomic E-state index is 12.9. The highest BCUT2D eigenvalue weighted by Crippen LogP contribution is 2.26. The van der Waals surface area contributed by atoms with Crippen LogP contribution < -0.4 is 4.74 Å². The SMILES string of the molecule is COc1ccc(-n2c(C)cc(/C=C(\C#N)C(=O)OC(C(=O)N(C)C)c3ccccc3)c2C)cc1. The molecule has 0 bridgehead atoms. The van der Waals surface area contributed by atoms with Crippen LogP contribution in [-0.4, -0.2) is 42.5 Å². The first-order chi connectivity index (χ1) is 16.3. The standard InChI is InChI=1S/C27H27N3O4/c1-18-15-21(19(2)30(18)23-11-13-24(33-5)14-12-23)16-22(17-28)27(32)34-25(26(31)29(3)4)20-9-7-6-8-10-20/h6-16,25H,1-5H3/b22-16+. The van der Waals surface area contributed by atoms with E-state index in [1.54, 1.807) is 45.5 Å². The Morgan fingerprint density at radius 1 is 1.06 bits per heavy atom. The van der Waals surface area contributed by atoms with Crippen LogP contribution in [0.15, 0.2) is 66.2 Å². The van der Waals surface area contributed by atoms with Gasteiger partial charge >= 0.3 is 5.97 Å². The van der Waals surface area contributed by atoms with Crippen molar-refractivity contribution in [3.05, 3.63) is 88.8 Å². The van der Waals surface area contributed by atoms with E-state index in [2.05, 4.69) is 0 Å². The number of hydrogen-bond donors (Lipinski definition) is 0. The summed E-state index contributed by atoms with van der Waals surface area (Å²) in [7, 11) is 4.78. The zero-order chi connectivity index (χ0) is 24.8. The quantitative estimate of drug-likeness (QED) is 0.299. The van der Waals surface area contributed by atoms with Crippen molar-refractivity contribution in [2.75, 3.05) is 21.2 Å². The Labute approximate surface area is 199 Å². The molecule has 3 rings (SSSR count). The summed E-state index contributed by atoms with van der Waals surface area (Å²) in [6.45, 7) is 3.85.